The lowest BCUT2D eigenvalue weighted by molar-refractivity contribution is 0.532. The molecule has 120 valence electrons. The zero-order chi connectivity index (χ0) is 16.7. The normalized spacial score (nSPS) is 12.4. The molecule has 2 aromatic rings. The third-order valence-electron chi connectivity index (χ3n) is 3.43. The molecule has 2 heterocycles. The van der Waals surface area contributed by atoms with E-state index in [4.69, 9.17) is 0 Å². The molecule has 0 radical (unpaired) electrons. The van der Waals surface area contributed by atoms with Gasteiger partial charge in [0.1, 0.15) is 0 Å². The van der Waals surface area contributed by atoms with Crippen molar-refractivity contribution in [3.8, 4) is 11.3 Å². The smallest absolute Gasteiger partial charge is 0.247 e. The van der Waals surface area contributed by atoms with Gasteiger partial charge in [0.15, 0.2) is 0 Å². The average Bonchev–Trinajstić information content (AvgIpc) is 2.85. The fourth-order valence-electron chi connectivity index (χ4n) is 2.38. The molecule has 0 aliphatic rings. The highest BCUT2D eigenvalue weighted by Crippen LogP contribution is 2.30. The van der Waals surface area contributed by atoms with Gasteiger partial charge in [-0.25, -0.2) is 18.4 Å². The van der Waals surface area contributed by atoms with Crippen molar-refractivity contribution in [2.45, 2.75) is 51.7 Å². The Morgan fingerprint density at radius 2 is 1.77 bits per heavy atom. The van der Waals surface area contributed by atoms with Crippen molar-refractivity contribution < 1.29 is 8.42 Å². The minimum atomic E-state index is -3.46. The Morgan fingerprint density at radius 1 is 1.14 bits per heavy atom. The molecular formula is C15H22N4O2S. The predicted octanol–water partition coefficient (Wildman–Crippen LogP) is 2.76. The highest BCUT2D eigenvalue weighted by atomic mass is 32.2. The summed E-state index contributed by atoms with van der Waals surface area (Å²) >= 11 is 0. The lowest BCUT2D eigenvalue weighted by Crippen LogP contribution is -2.10. The molecule has 0 unspecified atom stereocenters. The van der Waals surface area contributed by atoms with Gasteiger partial charge in [-0.05, 0) is 26.7 Å². The molecule has 22 heavy (non-hydrogen) atoms. The molecule has 0 atom stereocenters. The van der Waals surface area contributed by atoms with Crippen LogP contribution in [0.25, 0.3) is 11.3 Å². The molecule has 0 aliphatic carbocycles. The maximum absolute atomic E-state index is 11.8. The monoisotopic (exact) mass is 322 g/mol. The number of sulfone groups is 1. The Bertz CT molecular complexity index is 792. The minimum absolute atomic E-state index is 0.137. The van der Waals surface area contributed by atoms with Crippen LogP contribution in [0.1, 0.15) is 50.9 Å². The average molecular weight is 322 g/mol. The fourth-order valence-corrected chi connectivity index (χ4v) is 2.94. The first-order valence-electron chi connectivity index (χ1n) is 7.24. The van der Waals surface area contributed by atoms with Gasteiger partial charge in [-0.15, -0.1) is 0 Å². The minimum Gasteiger partial charge on any atom is -0.270 e. The summed E-state index contributed by atoms with van der Waals surface area (Å²) in [6, 6.07) is 0.230. The SMILES string of the molecule is Cc1nc(S(C)(=O)=O)nc(-c2cnn(C(C)C)c2)c1C(C)C. The maximum atomic E-state index is 11.8. The maximum Gasteiger partial charge on any atom is 0.247 e. The second kappa shape index (κ2) is 5.79. The van der Waals surface area contributed by atoms with Crippen LogP contribution in [0, 0.1) is 6.92 Å². The Kier molecular flexibility index (Phi) is 4.37. The highest BCUT2D eigenvalue weighted by molar-refractivity contribution is 7.90. The molecule has 0 bridgehead atoms. The molecule has 0 N–H and O–H groups in total. The molecule has 0 aromatic carbocycles. The summed E-state index contributed by atoms with van der Waals surface area (Å²) in [5.41, 5.74) is 3.11. The topological polar surface area (TPSA) is 77.7 Å². The van der Waals surface area contributed by atoms with Crippen LogP contribution in [0.15, 0.2) is 17.6 Å². The number of hydrogen-bond donors (Lipinski definition) is 0. The third-order valence-corrected chi connectivity index (χ3v) is 4.27. The summed E-state index contributed by atoms with van der Waals surface area (Å²) in [7, 11) is -3.46. The van der Waals surface area contributed by atoms with Crippen LogP contribution in [-0.4, -0.2) is 34.4 Å². The van der Waals surface area contributed by atoms with Crippen LogP contribution in [-0.2, 0) is 9.84 Å². The molecule has 2 rings (SSSR count). The van der Waals surface area contributed by atoms with Gasteiger partial charge < -0.3 is 0 Å². The van der Waals surface area contributed by atoms with Crippen LogP contribution < -0.4 is 0 Å². The quantitative estimate of drug-likeness (QED) is 0.809. The summed E-state index contributed by atoms with van der Waals surface area (Å²) in [5, 5.41) is 4.18. The molecule has 0 saturated heterocycles. The van der Waals surface area contributed by atoms with Crippen molar-refractivity contribution in [3.63, 3.8) is 0 Å². The zero-order valence-corrected chi connectivity index (χ0v) is 14.6. The molecule has 0 aliphatic heterocycles. The third kappa shape index (κ3) is 3.19. The first-order valence-corrected chi connectivity index (χ1v) is 9.13. The number of nitrogens with zero attached hydrogens (tertiary/aromatic N) is 4. The fraction of sp³-hybridized carbons (Fsp3) is 0.533. The molecular weight excluding hydrogens is 300 g/mol. The number of hydrogen-bond acceptors (Lipinski definition) is 5. The Hall–Kier alpha value is -1.76. The van der Waals surface area contributed by atoms with E-state index in [2.05, 4.69) is 15.1 Å². The van der Waals surface area contributed by atoms with Gasteiger partial charge in [0, 0.05) is 35.3 Å². The van der Waals surface area contributed by atoms with Gasteiger partial charge in [-0.2, -0.15) is 5.10 Å². The van der Waals surface area contributed by atoms with E-state index in [-0.39, 0.29) is 17.1 Å². The summed E-state index contributed by atoms with van der Waals surface area (Å²) in [5.74, 6) is 0.186. The van der Waals surface area contributed by atoms with E-state index in [1.807, 2.05) is 45.5 Å². The van der Waals surface area contributed by atoms with Crippen LogP contribution >= 0.6 is 0 Å². The molecule has 7 heteroatoms. The van der Waals surface area contributed by atoms with Crippen molar-refractivity contribution in [2.75, 3.05) is 6.26 Å². The molecule has 0 fully saturated rings. The van der Waals surface area contributed by atoms with E-state index in [1.54, 1.807) is 6.20 Å². The Morgan fingerprint density at radius 3 is 2.23 bits per heavy atom. The summed E-state index contributed by atoms with van der Waals surface area (Å²) in [4.78, 5) is 8.48. The molecule has 6 nitrogen and oxygen atoms in total. The van der Waals surface area contributed by atoms with Gasteiger partial charge in [0.25, 0.3) is 0 Å². The lowest BCUT2D eigenvalue weighted by atomic mass is 9.97. The first-order chi connectivity index (χ1) is 10.1. The van der Waals surface area contributed by atoms with Gasteiger partial charge in [-0.3, -0.25) is 4.68 Å². The van der Waals surface area contributed by atoms with Crippen molar-refractivity contribution in [2.24, 2.45) is 0 Å². The van der Waals surface area contributed by atoms with Gasteiger partial charge in [0.05, 0.1) is 11.9 Å². The van der Waals surface area contributed by atoms with E-state index in [0.29, 0.717) is 11.4 Å². The van der Waals surface area contributed by atoms with Gasteiger partial charge in [-0.1, -0.05) is 13.8 Å². The summed E-state index contributed by atoms with van der Waals surface area (Å²) in [6.45, 7) is 9.98. The van der Waals surface area contributed by atoms with E-state index >= 15 is 0 Å². The van der Waals surface area contributed by atoms with Crippen LogP contribution in [0.2, 0.25) is 0 Å². The molecule has 0 spiro atoms. The van der Waals surface area contributed by atoms with Crippen LogP contribution in [0.4, 0.5) is 0 Å². The Labute approximate surface area is 131 Å². The molecule has 0 saturated carbocycles. The standard InChI is InChI=1S/C15H22N4O2S/c1-9(2)13-11(5)17-15(22(6,20)21)18-14(13)12-7-16-19(8-12)10(3)4/h7-10H,1-6H3. The van der Waals surface area contributed by atoms with Crippen LogP contribution in [0.5, 0.6) is 0 Å². The highest BCUT2D eigenvalue weighted by Gasteiger charge is 2.21. The van der Waals surface area contributed by atoms with Gasteiger partial charge >= 0.3 is 0 Å². The van der Waals surface area contributed by atoms with E-state index in [0.717, 1.165) is 17.4 Å². The lowest BCUT2D eigenvalue weighted by Gasteiger charge is -2.14. The van der Waals surface area contributed by atoms with E-state index < -0.39 is 9.84 Å². The Balaban J connectivity index is 2.72. The number of aryl methyl sites for hydroxylation is 1. The molecule has 0 amide bonds. The van der Waals surface area contributed by atoms with Crippen molar-refractivity contribution in [1.29, 1.82) is 0 Å². The van der Waals surface area contributed by atoms with E-state index in [9.17, 15) is 8.42 Å². The molecule has 2 aromatic heterocycles. The van der Waals surface area contributed by atoms with Crippen molar-refractivity contribution >= 4 is 9.84 Å². The van der Waals surface area contributed by atoms with Crippen LogP contribution in [0.3, 0.4) is 0 Å². The van der Waals surface area contributed by atoms with Gasteiger partial charge in [0.2, 0.25) is 15.0 Å². The summed E-state index contributed by atoms with van der Waals surface area (Å²) in [6.07, 6.45) is 4.74. The van der Waals surface area contributed by atoms with E-state index in [1.165, 1.54) is 0 Å². The second-order valence-electron chi connectivity index (χ2n) is 6.08. The second-order valence-corrected chi connectivity index (χ2v) is 7.99. The number of aromatic nitrogens is 4. The van der Waals surface area contributed by atoms with Crippen molar-refractivity contribution in [1.82, 2.24) is 19.7 Å². The summed E-state index contributed by atoms with van der Waals surface area (Å²) < 4.78 is 25.5. The van der Waals surface area contributed by atoms with Crippen molar-refractivity contribution in [3.05, 3.63) is 23.7 Å². The zero-order valence-electron chi connectivity index (χ0n) is 13.8. The number of rotatable bonds is 4. The largest absolute Gasteiger partial charge is 0.270 e. The predicted molar refractivity (Wildman–Crippen MR) is 85.6 cm³/mol. The first kappa shape index (κ1) is 16.6.